The van der Waals surface area contributed by atoms with E-state index >= 15 is 0 Å². The van der Waals surface area contributed by atoms with Crippen molar-refractivity contribution >= 4 is 23.2 Å². The molecule has 0 saturated carbocycles. The van der Waals surface area contributed by atoms with Gasteiger partial charge in [0.05, 0.1) is 22.5 Å². The van der Waals surface area contributed by atoms with Crippen molar-refractivity contribution in [1.29, 1.82) is 0 Å². The maximum atomic E-state index is 13.6. The second-order valence-corrected chi connectivity index (χ2v) is 7.72. The normalized spacial score (nSPS) is 16.9. The smallest absolute Gasteiger partial charge is 0.261 e. The van der Waals surface area contributed by atoms with Crippen molar-refractivity contribution in [1.82, 2.24) is 9.80 Å². The Morgan fingerprint density at radius 2 is 0.893 bits per heavy atom. The van der Waals surface area contributed by atoms with Crippen molar-refractivity contribution in [3.8, 4) is 0 Å². The Morgan fingerprint density at radius 1 is 0.571 bits per heavy atom. The summed E-state index contributed by atoms with van der Waals surface area (Å²) in [7, 11) is 0. The van der Waals surface area contributed by atoms with Gasteiger partial charge in [0.2, 0.25) is 0 Å². The van der Waals surface area contributed by atoms with Crippen LogP contribution in [-0.2, 0) is 9.59 Å². The van der Waals surface area contributed by atoms with Gasteiger partial charge in [-0.25, -0.2) is 0 Å². The van der Waals surface area contributed by atoms with Gasteiger partial charge in [0.15, 0.2) is 0 Å². The van der Waals surface area contributed by atoms with Gasteiger partial charge >= 0.3 is 0 Å². The van der Waals surface area contributed by atoms with Crippen LogP contribution in [0.15, 0.2) is 71.8 Å². The lowest BCUT2D eigenvalue weighted by Crippen LogP contribution is -2.36. The summed E-state index contributed by atoms with van der Waals surface area (Å²) in [6.07, 6.45) is 0. The molecule has 2 aromatic rings. The minimum atomic E-state index is -0.0980. The fraction of sp³-hybridized carbons (Fsp3) is 0.250. The molecule has 0 saturated heterocycles. The summed E-state index contributed by atoms with van der Waals surface area (Å²) in [6, 6.07) is 19.4. The fourth-order valence-corrected chi connectivity index (χ4v) is 4.08. The topological polar surface area (TPSA) is 40.6 Å². The van der Waals surface area contributed by atoms with Gasteiger partial charge in [-0.2, -0.15) is 0 Å². The number of amides is 2. The third kappa shape index (κ3) is 2.60. The Hall–Kier alpha value is -3.14. The van der Waals surface area contributed by atoms with Gasteiger partial charge in [-0.15, -0.1) is 0 Å². The summed E-state index contributed by atoms with van der Waals surface area (Å²) < 4.78 is 0. The van der Waals surface area contributed by atoms with E-state index in [9.17, 15) is 9.59 Å². The van der Waals surface area contributed by atoms with Crippen molar-refractivity contribution in [3.63, 3.8) is 0 Å². The molecule has 0 atom stereocenters. The lowest BCUT2D eigenvalue weighted by Gasteiger charge is -2.29. The maximum Gasteiger partial charge on any atom is 0.261 e. The summed E-state index contributed by atoms with van der Waals surface area (Å²) in [5.74, 6) is -0.196. The molecule has 0 aromatic heterocycles. The lowest BCUT2D eigenvalue weighted by molar-refractivity contribution is -0.125. The molecule has 142 valence electrons. The number of carbonyl (C=O) groups is 2. The molecule has 0 unspecified atom stereocenters. The molecule has 4 rings (SSSR count). The number of nitrogens with zero attached hydrogens (tertiary/aromatic N) is 2. The standard InChI is InChI=1S/C24H24N2O2/c1-15(2)25-21(17-11-7-5-8-12-17)19-20(23(25)27)22(18-13-9-6-10-14-18)26(16(3)4)24(19)28/h5-16H,1-4H3. The zero-order valence-corrected chi connectivity index (χ0v) is 16.6. The van der Waals surface area contributed by atoms with Gasteiger partial charge in [-0.3, -0.25) is 9.59 Å². The molecule has 0 bridgehead atoms. The van der Waals surface area contributed by atoms with Crippen molar-refractivity contribution in [2.45, 2.75) is 39.8 Å². The molecule has 0 aliphatic carbocycles. The van der Waals surface area contributed by atoms with Crippen LogP contribution >= 0.6 is 0 Å². The first-order valence-corrected chi connectivity index (χ1v) is 9.70. The SMILES string of the molecule is CC(C)N1C(=O)C2=C(c3ccccc3)N(C(C)C)C(=O)C2=C1c1ccccc1. The van der Waals surface area contributed by atoms with E-state index in [1.54, 1.807) is 9.80 Å². The van der Waals surface area contributed by atoms with Gasteiger partial charge in [-0.1, -0.05) is 60.7 Å². The molecule has 2 aliphatic heterocycles. The highest BCUT2D eigenvalue weighted by atomic mass is 16.2. The number of hydrogen-bond donors (Lipinski definition) is 0. The highest BCUT2D eigenvalue weighted by Crippen LogP contribution is 2.47. The molecule has 2 heterocycles. The number of benzene rings is 2. The van der Waals surface area contributed by atoms with E-state index < -0.39 is 0 Å². The molecule has 0 radical (unpaired) electrons. The minimum Gasteiger partial charge on any atom is -0.304 e. The highest BCUT2D eigenvalue weighted by molar-refractivity contribution is 6.30. The Labute approximate surface area is 165 Å². The van der Waals surface area contributed by atoms with Crippen LogP contribution in [0.1, 0.15) is 38.8 Å². The Bertz CT molecular complexity index is 918. The Kier molecular flexibility index (Phi) is 4.42. The predicted octanol–water partition coefficient (Wildman–Crippen LogP) is 4.31. The van der Waals surface area contributed by atoms with E-state index in [0.29, 0.717) is 11.1 Å². The Morgan fingerprint density at radius 3 is 1.18 bits per heavy atom. The summed E-state index contributed by atoms with van der Waals surface area (Å²) >= 11 is 0. The number of fused-ring (bicyclic) bond motifs is 1. The first kappa shape index (κ1) is 18.2. The molecule has 4 nitrogen and oxygen atoms in total. The lowest BCUT2D eigenvalue weighted by atomic mass is 10.0. The zero-order valence-electron chi connectivity index (χ0n) is 16.6. The van der Waals surface area contributed by atoms with Crippen LogP contribution in [-0.4, -0.2) is 33.7 Å². The quantitative estimate of drug-likeness (QED) is 0.802. The van der Waals surface area contributed by atoms with Crippen molar-refractivity contribution in [3.05, 3.63) is 82.9 Å². The van der Waals surface area contributed by atoms with E-state index in [1.165, 1.54) is 0 Å². The monoisotopic (exact) mass is 372 g/mol. The van der Waals surface area contributed by atoms with Crippen LogP contribution in [0, 0.1) is 0 Å². The van der Waals surface area contributed by atoms with Crippen molar-refractivity contribution in [2.24, 2.45) is 0 Å². The number of rotatable bonds is 4. The average Bonchev–Trinajstić information content (AvgIpc) is 3.16. The molecular formula is C24H24N2O2. The summed E-state index contributed by atoms with van der Waals surface area (Å²) in [5.41, 5.74) is 4.27. The van der Waals surface area contributed by atoms with Crippen LogP contribution in [0.5, 0.6) is 0 Å². The second kappa shape index (κ2) is 6.79. The summed E-state index contributed by atoms with van der Waals surface area (Å²) in [6.45, 7) is 7.93. The van der Waals surface area contributed by atoms with Gasteiger partial charge in [0.25, 0.3) is 11.8 Å². The number of hydrogen-bond acceptors (Lipinski definition) is 2. The largest absolute Gasteiger partial charge is 0.304 e. The molecule has 0 fully saturated rings. The first-order valence-electron chi connectivity index (χ1n) is 9.70. The Balaban J connectivity index is 2.06. The van der Waals surface area contributed by atoms with E-state index in [-0.39, 0.29) is 23.9 Å². The molecule has 2 aromatic carbocycles. The highest BCUT2D eigenvalue weighted by Gasteiger charge is 2.49. The summed E-state index contributed by atoms with van der Waals surface area (Å²) in [4.78, 5) is 30.6. The van der Waals surface area contributed by atoms with E-state index in [4.69, 9.17) is 0 Å². The van der Waals surface area contributed by atoms with E-state index in [0.717, 1.165) is 22.5 Å². The third-order valence-corrected chi connectivity index (χ3v) is 5.20. The van der Waals surface area contributed by atoms with Gasteiger partial charge in [-0.05, 0) is 38.8 Å². The molecular weight excluding hydrogens is 348 g/mol. The van der Waals surface area contributed by atoms with Crippen LogP contribution in [0.2, 0.25) is 0 Å². The third-order valence-electron chi connectivity index (χ3n) is 5.20. The fourth-order valence-electron chi connectivity index (χ4n) is 4.08. The van der Waals surface area contributed by atoms with E-state index in [2.05, 4.69) is 0 Å². The molecule has 0 spiro atoms. The number of carbonyl (C=O) groups excluding carboxylic acids is 2. The molecule has 0 N–H and O–H groups in total. The van der Waals surface area contributed by atoms with Crippen LogP contribution in [0.4, 0.5) is 0 Å². The summed E-state index contributed by atoms with van der Waals surface area (Å²) in [5, 5.41) is 0. The van der Waals surface area contributed by atoms with Crippen molar-refractivity contribution < 1.29 is 9.59 Å². The second-order valence-electron chi connectivity index (χ2n) is 7.72. The van der Waals surface area contributed by atoms with Gasteiger partial charge < -0.3 is 9.80 Å². The molecule has 2 amide bonds. The van der Waals surface area contributed by atoms with Gasteiger partial charge in [0.1, 0.15) is 0 Å². The first-order chi connectivity index (χ1) is 13.4. The maximum absolute atomic E-state index is 13.6. The minimum absolute atomic E-state index is 0.0503. The molecule has 2 aliphatic rings. The molecule has 4 heteroatoms. The predicted molar refractivity (Wildman–Crippen MR) is 111 cm³/mol. The van der Waals surface area contributed by atoms with Crippen LogP contribution in [0.3, 0.4) is 0 Å². The molecule has 28 heavy (non-hydrogen) atoms. The van der Waals surface area contributed by atoms with Crippen LogP contribution < -0.4 is 0 Å². The van der Waals surface area contributed by atoms with E-state index in [1.807, 2.05) is 88.4 Å². The van der Waals surface area contributed by atoms with Crippen LogP contribution in [0.25, 0.3) is 11.4 Å². The van der Waals surface area contributed by atoms with Crippen molar-refractivity contribution in [2.75, 3.05) is 0 Å². The zero-order chi connectivity index (χ0) is 20.0. The van der Waals surface area contributed by atoms with Gasteiger partial charge in [0, 0.05) is 12.1 Å². The average molecular weight is 372 g/mol.